The largest absolute Gasteiger partial charge is 0.466 e. The fourth-order valence-corrected chi connectivity index (χ4v) is 7.07. The van der Waals surface area contributed by atoms with Crippen LogP contribution < -0.4 is 0 Å². The van der Waals surface area contributed by atoms with Crippen LogP contribution in [0.2, 0.25) is 0 Å². The number of hydrogen-bond donors (Lipinski definition) is 0. The molecule has 4 rings (SSSR count). The van der Waals surface area contributed by atoms with Gasteiger partial charge in [0.15, 0.2) is 30.4 Å². The lowest BCUT2D eigenvalue weighted by Gasteiger charge is -2.27. The quantitative estimate of drug-likeness (QED) is 0.653. The molecular formula is C16H16N2O8S2. The van der Waals surface area contributed by atoms with Crippen molar-refractivity contribution >= 4 is 31.5 Å². The lowest BCUT2D eigenvalue weighted by molar-refractivity contribution is -0.132. The summed E-state index contributed by atoms with van der Waals surface area (Å²) in [5, 5.41) is -2.60. The zero-order valence-corrected chi connectivity index (χ0v) is 16.1. The highest BCUT2D eigenvalue weighted by Crippen LogP contribution is 2.36. The second kappa shape index (κ2) is 6.48. The minimum Gasteiger partial charge on any atom is -0.466 e. The number of amides is 2. The molecule has 0 N–H and O–H groups in total. The Kier molecular flexibility index (Phi) is 4.34. The lowest BCUT2D eigenvalue weighted by Crippen LogP contribution is -2.39. The number of hydrogen-bond acceptors (Lipinski definition) is 8. The van der Waals surface area contributed by atoms with Crippen LogP contribution in [-0.4, -0.2) is 63.0 Å². The van der Waals surface area contributed by atoms with Crippen LogP contribution in [0.15, 0.2) is 45.6 Å². The average molecular weight is 428 g/mol. The number of rotatable bonds is 5. The van der Waals surface area contributed by atoms with Crippen molar-refractivity contribution in [2.75, 3.05) is 24.6 Å². The summed E-state index contributed by atoms with van der Waals surface area (Å²) >= 11 is 0. The Bertz CT molecular complexity index is 1010. The highest BCUT2D eigenvalue weighted by molar-refractivity contribution is 7.93. The highest BCUT2D eigenvalue weighted by atomic mass is 32.2. The van der Waals surface area contributed by atoms with Gasteiger partial charge in [0, 0.05) is 13.1 Å². The molecule has 2 aromatic heterocycles. The first-order valence-electron chi connectivity index (χ1n) is 8.29. The van der Waals surface area contributed by atoms with E-state index in [0.717, 1.165) is 9.80 Å². The molecule has 28 heavy (non-hydrogen) atoms. The third kappa shape index (κ3) is 3.02. The van der Waals surface area contributed by atoms with Crippen molar-refractivity contribution in [3.05, 3.63) is 48.3 Å². The SMILES string of the molecule is O=C1CS(=O)(=O)[C@H](c2ccco2)N1CCN1C(=O)CS(=O)(=O)[C@H]1c1ccco1. The molecule has 2 aliphatic rings. The van der Waals surface area contributed by atoms with Crippen molar-refractivity contribution in [3.63, 3.8) is 0 Å². The Labute approximate surface area is 160 Å². The van der Waals surface area contributed by atoms with Crippen molar-refractivity contribution < 1.29 is 35.3 Å². The molecule has 0 radical (unpaired) electrons. The van der Waals surface area contributed by atoms with E-state index in [1.54, 1.807) is 0 Å². The molecule has 4 heterocycles. The van der Waals surface area contributed by atoms with Crippen molar-refractivity contribution in [3.8, 4) is 0 Å². The molecule has 0 spiro atoms. The maximum Gasteiger partial charge on any atom is 0.239 e. The van der Waals surface area contributed by atoms with Crippen molar-refractivity contribution in [2.24, 2.45) is 0 Å². The molecule has 2 aliphatic heterocycles. The van der Waals surface area contributed by atoms with Gasteiger partial charge < -0.3 is 18.6 Å². The Hall–Kier alpha value is -2.60. The Morgan fingerprint density at radius 1 is 0.786 bits per heavy atom. The number of sulfone groups is 2. The topological polar surface area (TPSA) is 135 Å². The van der Waals surface area contributed by atoms with Crippen LogP contribution in [0.25, 0.3) is 0 Å². The average Bonchev–Trinajstić information content (AvgIpc) is 3.33. The molecule has 0 aromatic carbocycles. The fourth-order valence-electron chi connectivity index (χ4n) is 3.54. The molecule has 2 fully saturated rings. The van der Waals surface area contributed by atoms with Crippen LogP contribution in [0, 0.1) is 0 Å². The Morgan fingerprint density at radius 3 is 1.50 bits per heavy atom. The van der Waals surface area contributed by atoms with E-state index in [-0.39, 0.29) is 24.6 Å². The van der Waals surface area contributed by atoms with Crippen LogP contribution in [0.4, 0.5) is 0 Å². The first-order valence-corrected chi connectivity index (χ1v) is 11.7. The van der Waals surface area contributed by atoms with Crippen molar-refractivity contribution in [2.45, 2.75) is 10.7 Å². The van der Waals surface area contributed by atoms with E-state index in [1.807, 2.05) is 0 Å². The third-order valence-corrected chi connectivity index (χ3v) is 8.32. The summed E-state index contributed by atoms with van der Waals surface area (Å²) in [4.78, 5) is 26.7. The van der Waals surface area contributed by atoms with Gasteiger partial charge in [0.25, 0.3) is 0 Å². The molecule has 2 aromatic rings. The Morgan fingerprint density at radius 2 is 1.18 bits per heavy atom. The summed E-state index contributed by atoms with van der Waals surface area (Å²) in [6, 6.07) is 5.92. The van der Waals surface area contributed by atoms with Crippen LogP contribution in [0.1, 0.15) is 22.3 Å². The maximum atomic E-state index is 12.4. The summed E-state index contributed by atoms with van der Waals surface area (Å²) in [6.07, 6.45) is 2.60. The Balaban J connectivity index is 1.60. The fraction of sp³-hybridized carbons (Fsp3) is 0.375. The van der Waals surface area contributed by atoms with E-state index < -0.39 is 53.7 Å². The van der Waals surface area contributed by atoms with Gasteiger partial charge in [-0.15, -0.1) is 0 Å². The van der Waals surface area contributed by atoms with Crippen molar-refractivity contribution in [1.29, 1.82) is 0 Å². The normalized spacial score (nSPS) is 26.3. The monoisotopic (exact) mass is 428 g/mol. The summed E-state index contributed by atoms with van der Waals surface area (Å²) in [5.41, 5.74) is 0. The smallest absolute Gasteiger partial charge is 0.239 e. The number of nitrogens with zero attached hydrogens (tertiary/aromatic N) is 2. The molecule has 2 amide bonds. The van der Waals surface area contributed by atoms with Crippen molar-refractivity contribution in [1.82, 2.24) is 9.80 Å². The van der Waals surface area contributed by atoms with Gasteiger partial charge in [-0.3, -0.25) is 9.59 Å². The predicted octanol–water partition coefficient (Wildman–Crippen LogP) is 0.0840. The molecule has 12 heteroatoms. The first-order chi connectivity index (χ1) is 13.2. The van der Waals surface area contributed by atoms with E-state index in [4.69, 9.17) is 8.83 Å². The second-order valence-electron chi connectivity index (χ2n) is 6.52. The summed E-state index contributed by atoms with van der Waals surface area (Å²) in [7, 11) is -7.61. The van der Waals surface area contributed by atoms with E-state index in [0.29, 0.717) is 0 Å². The molecule has 10 nitrogen and oxygen atoms in total. The molecular weight excluding hydrogens is 412 g/mol. The van der Waals surface area contributed by atoms with Crippen LogP contribution in [-0.2, 0) is 29.3 Å². The highest BCUT2D eigenvalue weighted by Gasteiger charge is 2.49. The maximum absolute atomic E-state index is 12.4. The van der Waals surface area contributed by atoms with E-state index in [1.165, 1.54) is 36.8 Å². The standard InChI is InChI=1S/C16H16N2O8S2/c19-13-9-27(21,22)15(11-3-1-7-25-11)17(13)5-6-18-14(20)10-28(23,24)16(18)12-4-2-8-26-12/h1-4,7-8,15-16H,5-6,9-10H2/t15-,16+. The molecule has 2 atom stereocenters. The van der Waals surface area contributed by atoms with Crippen LogP contribution in [0.5, 0.6) is 0 Å². The van der Waals surface area contributed by atoms with Gasteiger partial charge in [0.05, 0.1) is 12.5 Å². The molecule has 0 bridgehead atoms. The molecule has 0 saturated carbocycles. The lowest BCUT2D eigenvalue weighted by atomic mass is 10.3. The van der Waals surface area contributed by atoms with Gasteiger partial charge in [0.2, 0.25) is 11.8 Å². The minimum atomic E-state index is -3.80. The number of carbonyl (C=O) groups is 2. The van der Waals surface area contributed by atoms with Gasteiger partial charge >= 0.3 is 0 Å². The zero-order chi connectivity index (χ0) is 20.1. The van der Waals surface area contributed by atoms with Gasteiger partial charge in [-0.05, 0) is 24.3 Å². The molecule has 0 unspecified atom stereocenters. The predicted molar refractivity (Wildman–Crippen MR) is 93.9 cm³/mol. The van der Waals surface area contributed by atoms with Crippen LogP contribution >= 0.6 is 0 Å². The summed E-state index contributed by atoms with van der Waals surface area (Å²) in [5.74, 6) is -2.43. The first kappa shape index (κ1) is 18.7. The van der Waals surface area contributed by atoms with Gasteiger partial charge in [0.1, 0.15) is 23.0 Å². The molecule has 2 saturated heterocycles. The molecule has 0 aliphatic carbocycles. The summed E-state index contributed by atoms with van der Waals surface area (Å²) < 4.78 is 59.9. The minimum absolute atomic E-state index is 0.0915. The summed E-state index contributed by atoms with van der Waals surface area (Å²) in [6.45, 7) is -0.330. The zero-order valence-electron chi connectivity index (χ0n) is 14.4. The second-order valence-corrected chi connectivity index (χ2v) is 10.6. The van der Waals surface area contributed by atoms with Gasteiger partial charge in [-0.2, -0.15) is 0 Å². The number of carbonyl (C=O) groups excluding carboxylic acids is 2. The van der Waals surface area contributed by atoms with E-state index >= 15 is 0 Å². The number of furan rings is 2. The third-order valence-electron chi connectivity index (χ3n) is 4.69. The molecule has 150 valence electrons. The van der Waals surface area contributed by atoms with Crippen LogP contribution in [0.3, 0.4) is 0 Å². The van der Waals surface area contributed by atoms with E-state index in [2.05, 4.69) is 0 Å². The van der Waals surface area contributed by atoms with Gasteiger partial charge in [-0.25, -0.2) is 16.8 Å². The van der Waals surface area contributed by atoms with Gasteiger partial charge in [-0.1, -0.05) is 0 Å². The van der Waals surface area contributed by atoms with E-state index in [9.17, 15) is 26.4 Å².